The van der Waals surface area contributed by atoms with E-state index in [1.165, 1.54) is 0 Å². The van der Waals surface area contributed by atoms with E-state index in [0.29, 0.717) is 0 Å². The lowest BCUT2D eigenvalue weighted by Crippen LogP contribution is -1.79. The van der Waals surface area contributed by atoms with Crippen LogP contribution in [-0.2, 0) is 0 Å². The van der Waals surface area contributed by atoms with E-state index < -0.39 is 0 Å². The molecule has 0 spiro atoms. The number of H-pyrrole nitrogens is 1. The molecule has 0 aromatic carbocycles. The van der Waals surface area contributed by atoms with Crippen LogP contribution in [0.3, 0.4) is 0 Å². The molecular formula is C8H10N4S. The highest BCUT2D eigenvalue weighted by atomic mass is 32.2. The van der Waals surface area contributed by atoms with Crippen molar-refractivity contribution in [2.45, 2.75) is 5.16 Å². The number of hydrogen-bond acceptors (Lipinski definition) is 4. The molecule has 0 fully saturated rings. The van der Waals surface area contributed by atoms with Crippen molar-refractivity contribution in [3.8, 4) is 0 Å². The lowest BCUT2D eigenvalue weighted by atomic mass is 10.7. The number of nitrogens with zero attached hydrogens (tertiary/aromatic N) is 3. The number of nitrogens with one attached hydrogen (secondary N) is 1. The third-order valence-corrected chi connectivity index (χ3v) is 1.71. The van der Waals surface area contributed by atoms with Gasteiger partial charge >= 0.3 is 0 Å². The molecule has 0 saturated carbocycles. The summed E-state index contributed by atoms with van der Waals surface area (Å²) in [4.78, 5) is 14.3. The maximum absolute atomic E-state index is 3.95. The predicted molar refractivity (Wildman–Crippen MR) is 52.4 cm³/mol. The van der Waals surface area contributed by atoms with Crippen LogP contribution in [0.5, 0.6) is 0 Å². The van der Waals surface area contributed by atoms with Gasteiger partial charge in [0.1, 0.15) is 0 Å². The van der Waals surface area contributed by atoms with Gasteiger partial charge < -0.3 is 4.98 Å². The summed E-state index contributed by atoms with van der Waals surface area (Å²) >= 11 is 1.55. The van der Waals surface area contributed by atoms with Gasteiger partial charge in [0, 0.05) is 24.8 Å². The van der Waals surface area contributed by atoms with Crippen LogP contribution in [0, 0.1) is 0 Å². The van der Waals surface area contributed by atoms with Crippen molar-refractivity contribution in [3.63, 3.8) is 0 Å². The fourth-order valence-electron chi connectivity index (χ4n) is 0.606. The highest BCUT2D eigenvalue weighted by Crippen LogP contribution is 2.03. The Morgan fingerprint density at radius 1 is 1.23 bits per heavy atom. The molecular weight excluding hydrogens is 184 g/mol. The van der Waals surface area contributed by atoms with Gasteiger partial charge in [-0.05, 0) is 12.3 Å². The first-order valence-corrected chi connectivity index (χ1v) is 4.89. The van der Waals surface area contributed by atoms with Crippen molar-refractivity contribution in [3.05, 3.63) is 37.2 Å². The molecule has 13 heavy (non-hydrogen) atoms. The quantitative estimate of drug-likeness (QED) is 0.553. The Kier molecular flexibility index (Phi) is 4.63. The lowest BCUT2D eigenvalue weighted by molar-refractivity contribution is 0.970. The zero-order chi connectivity index (χ0) is 9.36. The third kappa shape index (κ3) is 4.27. The van der Waals surface area contributed by atoms with Gasteiger partial charge in [0.15, 0.2) is 5.16 Å². The Morgan fingerprint density at radius 2 is 2.00 bits per heavy atom. The van der Waals surface area contributed by atoms with Crippen LogP contribution in [0.25, 0.3) is 0 Å². The highest BCUT2D eigenvalue weighted by Gasteiger charge is 1.84. The summed E-state index contributed by atoms with van der Waals surface area (Å²) in [6, 6.07) is 1.81. The van der Waals surface area contributed by atoms with E-state index in [4.69, 9.17) is 0 Å². The smallest absolute Gasteiger partial charge is 0.187 e. The monoisotopic (exact) mass is 194 g/mol. The number of hydrogen-bond donors (Lipinski definition) is 1. The van der Waals surface area contributed by atoms with Gasteiger partial charge in [-0.25, -0.2) is 15.0 Å². The Bertz CT molecular complexity index is 278. The summed E-state index contributed by atoms with van der Waals surface area (Å²) in [7, 11) is 0. The van der Waals surface area contributed by atoms with Crippen molar-refractivity contribution in [1.82, 2.24) is 19.9 Å². The molecule has 5 heteroatoms. The molecule has 1 N–H and O–H groups in total. The number of aromatic amines is 1. The van der Waals surface area contributed by atoms with Gasteiger partial charge in [0.2, 0.25) is 0 Å². The van der Waals surface area contributed by atoms with Crippen molar-refractivity contribution >= 4 is 11.8 Å². The molecule has 0 radical (unpaired) electrons. The number of thioether (sulfide) groups is 1. The van der Waals surface area contributed by atoms with E-state index in [-0.39, 0.29) is 0 Å². The average Bonchev–Trinajstić information content (AvgIpc) is 2.77. The topological polar surface area (TPSA) is 54.5 Å². The second-order valence-electron chi connectivity index (χ2n) is 2.00. The summed E-state index contributed by atoms with van der Waals surface area (Å²) < 4.78 is 0. The largest absolute Gasteiger partial charge is 0.351 e. The van der Waals surface area contributed by atoms with Crippen LogP contribution >= 0.6 is 11.8 Å². The second-order valence-corrected chi connectivity index (χ2v) is 2.77. The SMILES string of the molecule is CSc1ncccn1.c1c[nH]cn1. The summed E-state index contributed by atoms with van der Waals surface area (Å²) in [6.07, 6.45) is 10.5. The second kappa shape index (κ2) is 6.19. The summed E-state index contributed by atoms with van der Waals surface area (Å²) in [5, 5.41) is 0.826. The minimum Gasteiger partial charge on any atom is -0.351 e. The molecule has 0 saturated heterocycles. The predicted octanol–water partition coefficient (Wildman–Crippen LogP) is 1.61. The van der Waals surface area contributed by atoms with E-state index in [1.807, 2.05) is 6.26 Å². The van der Waals surface area contributed by atoms with E-state index in [0.717, 1.165) is 5.16 Å². The fraction of sp³-hybridized carbons (Fsp3) is 0.125. The normalized spacial score (nSPS) is 8.69. The maximum atomic E-state index is 3.95. The summed E-state index contributed by atoms with van der Waals surface area (Å²) in [5.74, 6) is 0. The minimum atomic E-state index is 0.826. The molecule has 2 aromatic heterocycles. The van der Waals surface area contributed by atoms with Crippen LogP contribution in [0.1, 0.15) is 0 Å². The van der Waals surface area contributed by atoms with E-state index in [9.17, 15) is 0 Å². The van der Waals surface area contributed by atoms with Crippen molar-refractivity contribution in [2.24, 2.45) is 0 Å². The third-order valence-electron chi connectivity index (χ3n) is 1.13. The molecule has 0 unspecified atom stereocenters. The standard InChI is InChI=1S/C5H6N2S.C3H4N2/c1-8-5-6-3-2-4-7-5;1-2-5-3-4-1/h2-4H,1H3;1-3H,(H,4,5). The van der Waals surface area contributed by atoms with Gasteiger partial charge in [0.25, 0.3) is 0 Å². The van der Waals surface area contributed by atoms with E-state index >= 15 is 0 Å². The van der Waals surface area contributed by atoms with Crippen LogP contribution in [0.4, 0.5) is 0 Å². The summed E-state index contributed by atoms with van der Waals surface area (Å²) in [6.45, 7) is 0. The Labute approximate surface area is 80.9 Å². The molecule has 0 atom stereocenters. The Hall–Kier alpha value is -1.36. The fourth-order valence-corrected chi connectivity index (χ4v) is 0.939. The number of imidazole rings is 1. The molecule has 2 aromatic rings. The molecule has 4 nitrogen and oxygen atoms in total. The Morgan fingerprint density at radius 3 is 2.31 bits per heavy atom. The first kappa shape index (κ1) is 9.73. The average molecular weight is 194 g/mol. The zero-order valence-electron chi connectivity index (χ0n) is 7.21. The van der Waals surface area contributed by atoms with Crippen molar-refractivity contribution < 1.29 is 0 Å². The van der Waals surface area contributed by atoms with Crippen molar-refractivity contribution in [2.75, 3.05) is 6.26 Å². The number of rotatable bonds is 1. The van der Waals surface area contributed by atoms with Crippen molar-refractivity contribution in [1.29, 1.82) is 0 Å². The number of aromatic nitrogens is 4. The van der Waals surface area contributed by atoms with Crippen LogP contribution in [0.2, 0.25) is 0 Å². The molecule has 0 bridgehead atoms. The molecule has 0 aliphatic heterocycles. The molecule has 2 rings (SSSR count). The minimum absolute atomic E-state index is 0.826. The van der Waals surface area contributed by atoms with Gasteiger partial charge in [-0.15, -0.1) is 0 Å². The van der Waals surface area contributed by atoms with Gasteiger partial charge in [-0.2, -0.15) is 0 Å². The lowest BCUT2D eigenvalue weighted by Gasteiger charge is -1.87. The highest BCUT2D eigenvalue weighted by molar-refractivity contribution is 7.98. The molecule has 0 aliphatic carbocycles. The van der Waals surface area contributed by atoms with Crippen LogP contribution in [-0.4, -0.2) is 26.2 Å². The molecule has 0 aliphatic rings. The van der Waals surface area contributed by atoms with Gasteiger partial charge in [0.05, 0.1) is 6.33 Å². The zero-order valence-corrected chi connectivity index (χ0v) is 8.03. The van der Waals surface area contributed by atoms with Gasteiger partial charge in [-0.1, -0.05) is 11.8 Å². The first-order valence-electron chi connectivity index (χ1n) is 3.67. The van der Waals surface area contributed by atoms with E-state index in [1.54, 1.807) is 48.9 Å². The van der Waals surface area contributed by atoms with E-state index in [2.05, 4.69) is 19.9 Å². The van der Waals surface area contributed by atoms with Gasteiger partial charge in [-0.3, -0.25) is 0 Å². The molecule has 0 amide bonds. The Balaban J connectivity index is 0.000000145. The molecule has 68 valence electrons. The maximum Gasteiger partial charge on any atom is 0.187 e. The first-order chi connectivity index (χ1) is 6.43. The molecule has 2 heterocycles. The van der Waals surface area contributed by atoms with Crippen LogP contribution < -0.4 is 0 Å². The van der Waals surface area contributed by atoms with Crippen LogP contribution in [0.15, 0.2) is 42.3 Å². The summed E-state index contributed by atoms with van der Waals surface area (Å²) in [5.41, 5.74) is 0.